The lowest BCUT2D eigenvalue weighted by molar-refractivity contribution is 0.181. The first-order valence-electron chi connectivity index (χ1n) is 8.71. The van der Waals surface area contributed by atoms with E-state index in [1.54, 1.807) is 29.3 Å². The highest BCUT2D eigenvalue weighted by Crippen LogP contribution is 2.40. The number of imidazole rings is 1. The molecule has 1 saturated heterocycles. The molecule has 1 aliphatic heterocycles. The molecule has 2 fully saturated rings. The number of rotatable bonds is 5. The Morgan fingerprint density at radius 1 is 1.38 bits per heavy atom. The van der Waals surface area contributed by atoms with E-state index in [4.69, 9.17) is 4.74 Å². The van der Waals surface area contributed by atoms with Crippen molar-refractivity contribution < 1.29 is 14.3 Å². The van der Waals surface area contributed by atoms with Gasteiger partial charge < -0.3 is 19.9 Å². The number of nitrogens with one attached hydrogen (secondary N) is 2. The number of ether oxygens (including phenoxy) is 1. The van der Waals surface area contributed by atoms with Gasteiger partial charge in [-0.15, -0.1) is 0 Å². The molecule has 2 N–H and O–H groups in total. The average molecular weight is 355 g/mol. The first-order chi connectivity index (χ1) is 12.6. The first-order valence-corrected chi connectivity index (χ1v) is 8.71. The van der Waals surface area contributed by atoms with Crippen LogP contribution >= 0.6 is 0 Å². The van der Waals surface area contributed by atoms with E-state index >= 15 is 0 Å². The summed E-state index contributed by atoms with van der Waals surface area (Å²) < 4.78 is 6.89. The Morgan fingerprint density at radius 3 is 2.88 bits per heavy atom. The summed E-state index contributed by atoms with van der Waals surface area (Å²) in [6, 6.07) is 6.78. The summed E-state index contributed by atoms with van der Waals surface area (Å²) in [6.07, 6.45) is 5.43. The highest BCUT2D eigenvalue weighted by atomic mass is 16.6. The molecular formula is C18H21N5O3. The maximum Gasteiger partial charge on any atom is 0.414 e. The Balaban J connectivity index is 1.44. The van der Waals surface area contributed by atoms with Crippen molar-refractivity contribution in [2.75, 3.05) is 23.4 Å². The average Bonchev–Trinajstić information content (AvgIpc) is 3.24. The molecular weight excluding hydrogens is 334 g/mol. The van der Waals surface area contributed by atoms with Crippen LogP contribution in [-0.2, 0) is 11.8 Å². The van der Waals surface area contributed by atoms with Gasteiger partial charge in [-0.2, -0.15) is 0 Å². The molecule has 0 bridgehead atoms. The summed E-state index contributed by atoms with van der Waals surface area (Å²) in [6.45, 7) is 0.890. The van der Waals surface area contributed by atoms with Gasteiger partial charge in [0.15, 0.2) is 0 Å². The third-order valence-corrected chi connectivity index (χ3v) is 4.69. The Kier molecular flexibility index (Phi) is 4.24. The second kappa shape index (κ2) is 6.70. The Bertz CT molecular complexity index is 830. The van der Waals surface area contributed by atoms with E-state index in [9.17, 15) is 9.59 Å². The molecule has 4 rings (SSSR count). The fraction of sp³-hybridized carbons (Fsp3) is 0.389. The molecule has 1 aromatic carbocycles. The SMILES string of the molecule is Cn1ccnc1C(NC(=O)Nc1cccc(N2CCOC2=O)c1)C1CC1. The number of benzene rings is 1. The van der Waals surface area contributed by atoms with Gasteiger partial charge in [-0.05, 0) is 37.0 Å². The van der Waals surface area contributed by atoms with Gasteiger partial charge in [-0.25, -0.2) is 14.6 Å². The lowest BCUT2D eigenvalue weighted by Crippen LogP contribution is -2.35. The number of carbonyl (C=O) groups is 2. The summed E-state index contributed by atoms with van der Waals surface area (Å²) in [4.78, 5) is 30.1. The van der Waals surface area contributed by atoms with E-state index in [0.717, 1.165) is 18.7 Å². The molecule has 2 aliphatic rings. The number of amides is 3. The number of nitrogens with zero attached hydrogens (tertiary/aromatic N) is 3. The predicted molar refractivity (Wildman–Crippen MR) is 96.0 cm³/mol. The standard InChI is InChI=1S/C18H21N5O3/c1-22-8-7-19-16(22)15(12-5-6-12)21-17(24)20-13-3-2-4-14(11-13)23-9-10-26-18(23)25/h2-4,7-8,11-12,15H,5-6,9-10H2,1H3,(H2,20,21,24). The molecule has 2 aromatic rings. The van der Waals surface area contributed by atoms with Crippen LogP contribution in [0, 0.1) is 5.92 Å². The van der Waals surface area contributed by atoms with Crippen molar-refractivity contribution in [2.45, 2.75) is 18.9 Å². The zero-order chi connectivity index (χ0) is 18.1. The van der Waals surface area contributed by atoms with E-state index in [1.807, 2.05) is 23.9 Å². The highest BCUT2D eigenvalue weighted by molar-refractivity contribution is 5.93. The molecule has 26 heavy (non-hydrogen) atoms. The molecule has 1 saturated carbocycles. The molecule has 8 nitrogen and oxygen atoms in total. The van der Waals surface area contributed by atoms with Crippen molar-refractivity contribution in [1.82, 2.24) is 14.9 Å². The molecule has 1 aliphatic carbocycles. The number of urea groups is 1. The van der Waals surface area contributed by atoms with Gasteiger partial charge in [0.25, 0.3) is 0 Å². The minimum absolute atomic E-state index is 0.105. The van der Waals surface area contributed by atoms with Gasteiger partial charge in [0.2, 0.25) is 0 Å². The fourth-order valence-electron chi connectivity index (χ4n) is 3.19. The molecule has 3 amide bonds. The second-order valence-corrected chi connectivity index (χ2v) is 6.63. The minimum atomic E-state index is -0.366. The van der Waals surface area contributed by atoms with Crippen LogP contribution in [0.5, 0.6) is 0 Å². The summed E-state index contributed by atoms with van der Waals surface area (Å²) in [5.74, 6) is 1.28. The largest absolute Gasteiger partial charge is 0.447 e. The summed E-state index contributed by atoms with van der Waals surface area (Å²) in [5, 5.41) is 5.88. The van der Waals surface area contributed by atoms with Crippen molar-refractivity contribution in [3.8, 4) is 0 Å². The van der Waals surface area contributed by atoms with Gasteiger partial charge in [0.05, 0.1) is 12.6 Å². The monoisotopic (exact) mass is 355 g/mol. The third kappa shape index (κ3) is 3.35. The van der Waals surface area contributed by atoms with E-state index in [-0.39, 0.29) is 18.2 Å². The van der Waals surface area contributed by atoms with Crippen LogP contribution in [0.2, 0.25) is 0 Å². The van der Waals surface area contributed by atoms with Crippen LogP contribution in [0.4, 0.5) is 21.0 Å². The minimum Gasteiger partial charge on any atom is -0.447 e. The number of hydrogen-bond donors (Lipinski definition) is 2. The Morgan fingerprint density at radius 2 is 2.23 bits per heavy atom. The van der Waals surface area contributed by atoms with Crippen LogP contribution in [0.1, 0.15) is 24.7 Å². The van der Waals surface area contributed by atoms with E-state index < -0.39 is 0 Å². The quantitative estimate of drug-likeness (QED) is 0.863. The topological polar surface area (TPSA) is 88.5 Å². The van der Waals surface area contributed by atoms with Crippen LogP contribution in [0.3, 0.4) is 0 Å². The van der Waals surface area contributed by atoms with Crippen molar-refractivity contribution in [2.24, 2.45) is 13.0 Å². The number of carbonyl (C=O) groups excluding carboxylic acids is 2. The zero-order valence-corrected chi connectivity index (χ0v) is 14.5. The zero-order valence-electron chi connectivity index (χ0n) is 14.5. The van der Waals surface area contributed by atoms with E-state index in [1.165, 1.54) is 0 Å². The van der Waals surface area contributed by atoms with E-state index in [2.05, 4.69) is 15.6 Å². The first kappa shape index (κ1) is 16.4. The van der Waals surface area contributed by atoms with Crippen LogP contribution in [0.15, 0.2) is 36.7 Å². The van der Waals surface area contributed by atoms with Crippen molar-refractivity contribution in [1.29, 1.82) is 0 Å². The Labute approximate surface area is 151 Å². The molecule has 1 aromatic heterocycles. The number of anilines is 2. The van der Waals surface area contributed by atoms with Gasteiger partial charge in [-0.3, -0.25) is 4.90 Å². The summed E-state index contributed by atoms with van der Waals surface area (Å²) in [7, 11) is 1.93. The highest BCUT2D eigenvalue weighted by Gasteiger charge is 2.35. The molecule has 8 heteroatoms. The molecule has 1 atom stereocenters. The van der Waals surface area contributed by atoms with Crippen LogP contribution < -0.4 is 15.5 Å². The number of aromatic nitrogens is 2. The summed E-state index contributed by atoms with van der Waals surface area (Å²) in [5.41, 5.74) is 1.32. The van der Waals surface area contributed by atoms with Gasteiger partial charge in [0, 0.05) is 30.8 Å². The lowest BCUT2D eigenvalue weighted by Gasteiger charge is -2.19. The predicted octanol–water partition coefficient (Wildman–Crippen LogP) is 2.65. The van der Waals surface area contributed by atoms with Gasteiger partial charge >= 0.3 is 12.1 Å². The number of aryl methyl sites for hydroxylation is 1. The van der Waals surface area contributed by atoms with Crippen LogP contribution in [-0.4, -0.2) is 34.8 Å². The van der Waals surface area contributed by atoms with Crippen molar-refractivity contribution >= 4 is 23.5 Å². The van der Waals surface area contributed by atoms with Crippen molar-refractivity contribution in [3.63, 3.8) is 0 Å². The summed E-state index contributed by atoms with van der Waals surface area (Å²) >= 11 is 0. The molecule has 1 unspecified atom stereocenters. The fourth-order valence-corrected chi connectivity index (χ4v) is 3.19. The van der Waals surface area contributed by atoms with Crippen LogP contribution in [0.25, 0.3) is 0 Å². The maximum atomic E-state index is 12.5. The normalized spacial score (nSPS) is 17.7. The number of cyclic esters (lactones) is 1. The van der Waals surface area contributed by atoms with E-state index in [0.29, 0.717) is 30.4 Å². The third-order valence-electron chi connectivity index (χ3n) is 4.69. The second-order valence-electron chi connectivity index (χ2n) is 6.63. The molecule has 0 spiro atoms. The smallest absolute Gasteiger partial charge is 0.414 e. The lowest BCUT2D eigenvalue weighted by atomic mass is 10.1. The maximum absolute atomic E-state index is 12.5. The van der Waals surface area contributed by atoms with Gasteiger partial charge in [-0.1, -0.05) is 6.07 Å². The van der Waals surface area contributed by atoms with Gasteiger partial charge in [0.1, 0.15) is 12.4 Å². The molecule has 2 heterocycles. The Hall–Kier alpha value is -3.03. The molecule has 136 valence electrons. The van der Waals surface area contributed by atoms with Crippen molar-refractivity contribution in [3.05, 3.63) is 42.5 Å². The number of hydrogen-bond acceptors (Lipinski definition) is 4. The molecule has 0 radical (unpaired) electrons.